The van der Waals surface area contributed by atoms with E-state index in [9.17, 15) is 0 Å². The summed E-state index contributed by atoms with van der Waals surface area (Å²) in [6.45, 7) is 3.63. The van der Waals surface area contributed by atoms with Crippen molar-refractivity contribution in [3.05, 3.63) is 29.8 Å². The Labute approximate surface area is 96.3 Å². The van der Waals surface area contributed by atoms with Crippen LogP contribution in [0.1, 0.15) is 25.0 Å². The van der Waals surface area contributed by atoms with Crippen molar-refractivity contribution in [3.8, 4) is 5.75 Å². The molecule has 3 heteroatoms. The molecule has 0 aliphatic carbocycles. The minimum atomic E-state index is 0.0975. The minimum Gasteiger partial charge on any atom is -0.496 e. The van der Waals surface area contributed by atoms with E-state index in [-0.39, 0.29) is 6.10 Å². The maximum atomic E-state index is 5.84. The van der Waals surface area contributed by atoms with Crippen molar-refractivity contribution in [3.63, 3.8) is 0 Å². The summed E-state index contributed by atoms with van der Waals surface area (Å²) in [6, 6.07) is 8.01. The molecule has 0 spiro atoms. The van der Waals surface area contributed by atoms with Crippen LogP contribution in [0.5, 0.6) is 5.75 Å². The summed E-state index contributed by atoms with van der Waals surface area (Å²) in [5, 5.41) is 0. The van der Waals surface area contributed by atoms with Crippen molar-refractivity contribution in [1.29, 1.82) is 0 Å². The van der Waals surface area contributed by atoms with Gasteiger partial charge in [0.1, 0.15) is 11.9 Å². The first-order chi connectivity index (χ1) is 7.85. The standard InChI is InChI=1S/C13H18O3/c1-3-12(16-9-10-8-15-10)11-6-4-5-7-13(11)14-2/h4-7,10,12H,3,8-9H2,1-2H3/t10-,12?/m1/s1. The maximum Gasteiger partial charge on any atom is 0.124 e. The number of ether oxygens (including phenoxy) is 3. The maximum absolute atomic E-state index is 5.84. The highest BCUT2D eigenvalue weighted by Crippen LogP contribution is 2.30. The first kappa shape index (κ1) is 11.4. The molecule has 0 saturated carbocycles. The average molecular weight is 222 g/mol. The summed E-state index contributed by atoms with van der Waals surface area (Å²) < 4.78 is 16.3. The topological polar surface area (TPSA) is 31.0 Å². The molecular weight excluding hydrogens is 204 g/mol. The Kier molecular flexibility index (Phi) is 3.80. The summed E-state index contributed by atoms with van der Waals surface area (Å²) >= 11 is 0. The Hall–Kier alpha value is -1.06. The van der Waals surface area contributed by atoms with Gasteiger partial charge in [-0.05, 0) is 12.5 Å². The van der Waals surface area contributed by atoms with Crippen LogP contribution in [0.15, 0.2) is 24.3 Å². The van der Waals surface area contributed by atoms with Crippen LogP contribution in [0.2, 0.25) is 0 Å². The van der Waals surface area contributed by atoms with E-state index >= 15 is 0 Å². The summed E-state index contributed by atoms with van der Waals surface area (Å²) in [5.41, 5.74) is 1.12. The quantitative estimate of drug-likeness (QED) is 0.693. The molecule has 1 heterocycles. The fourth-order valence-corrected chi connectivity index (χ4v) is 1.75. The second-order valence-electron chi connectivity index (χ2n) is 3.93. The van der Waals surface area contributed by atoms with Gasteiger partial charge in [-0.15, -0.1) is 0 Å². The normalized spacial score (nSPS) is 20.5. The highest BCUT2D eigenvalue weighted by Gasteiger charge is 2.25. The van der Waals surface area contributed by atoms with Gasteiger partial charge in [-0.3, -0.25) is 0 Å². The molecule has 0 N–H and O–H groups in total. The lowest BCUT2D eigenvalue weighted by molar-refractivity contribution is 0.0380. The van der Waals surface area contributed by atoms with Crippen LogP contribution in [0.3, 0.4) is 0 Å². The number of hydrogen-bond acceptors (Lipinski definition) is 3. The van der Waals surface area contributed by atoms with E-state index in [1.54, 1.807) is 7.11 Å². The van der Waals surface area contributed by atoms with Crippen LogP contribution >= 0.6 is 0 Å². The van der Waals surface area contributed by atoms with E-state index < -0.39 is 0 Å². The van der Waals surface area contributed by atoms with Gasteiger partial charge in [0.2, 0.25) is 0 Å². The summed E-state index contributed by atoms with van der Waals surface area (Å²) in [6.07, 6.45) is 1.34. The van der Waals surface area contributed by atoms with Gasteiger partial charge in [-0.1, -0.05) is 25.1 Å². The third-order valence-electron chi connectivity index (χ3n) is 2.74. The lowest BCUT2D eigenvalue weighted by Gasteiger charge is -2.18. The Morgan fingerprint density at radius 2 is 2.19 bits per heavy atom. The predicted molar refractivity (Wildman–Crippen MR) is 61.7 cm³/mol. The molecule has 1 fully saturated rings. The van der Waals surface area contributed by atoms with E-state index in [1.165, 1.54) is 0 Å². The second kappa shape index (κ2) is 5.32. The first-order valence-corrected chi connectivity index (χ1v) is 5.71. The number of methoxy groups -OCH3 is 1. The molecule has 0 amide bonds. The van der Waals surface area contributed by atoms with Crippen molar-refractivity contribution in [2.45, 2.75) is 25.6 Å². The summed E-state index contributed by atoms with van der Waals surface area (Å²) in [4.78, 5) is 0. The molecule has 1 aromatic carbocycles. The molecule has 88 valence electrons. The molecule has 1 aliphatic rings. The van der Waals surface area contributed by atoms with Gasteiger partial charge >= 0.3 is 0 Å². The number of rotatable bonds is 6. The van der Waals surface area contributed by atoms with Crippen LogP contribution in [0.25, 0.3) is 0 Å². The fourth-order valence-electron chi connectivity index (χ4n) is 1.75. The molecule has 0 radical (unpaired) electrons. The molecular formula is C13H18O3. The Balaban J connectivity index is 2.04. The number of hydrogen-bond donors (Lipinski definition) is 0. The summed E-state index contributed by atoms with van der Waals surface area (Å²) in [7, 11) is 1.69. The molecule has 0 aromatic heterocycles. The number of benzene rings is 1. The van der Waals surface area contributed by atoms with Crippen molar-refractivity contribution < 1.29 is 14.2 Å². The van der Waals surface area contributed by atoms with E-state index in [1.807, 2.05) is 18.2 Å². The van der Waals surface area contributed by atoms with E-state index in [0.29, 0.717) is 12.7 Å². The second-order valence-corrected chi connectivity index (χ2v) is 3.93. The van der Waals surface area contributed by atoms with Crippen molar-refractivity contribution >= 4 is 0 Å². The smallest absolute Gasteiger partial charge is 0.124 e. The van der Waals surface area contributed by atoms with Gasteiger partial charge in [0, 0.05) is 5.56 Å². The minimum absolute atomic E-state index is 0.0975. The van der Waals surface area contributed by atoms with Crippen LogP contribution in [0.4, 0.5) is 0 Å². The molecule has 16 heavy (non-hydrogen) atoms. The predicted octanol–water partition coefficient (Wildman–Crippen LogP) is 2.56. The zero-order valence-electron chi connectivity index (χ0n) is 9.81. The van der Waals surface area contributed by atoms with E-state index in [4.69, 9.17) is 14.2 Å². The zero-order chi connectivity index (χ0) is 11.4. The van der Waals surface area contributed by atoms with E-state index in [2.05, 4.69) is 13.0 Å². The number of epoxide rings is 1. The third kappa shape index (κ3) is 2.74. The SMILES string of the molecule is CCC(OC[C@H]1CO1)c1ccccc1OC. The van der Waals surface area contributed by atoms with Crippen LogP contribution in [0, 0.1) is 0 Å². The lowest BCUT2D eigenvalue weighted by Crippen LogP contribution is -2.09. The van der Waals surface area contributed by atoms with Gasteiger partial charge in [-0.2, -0.15) is 0 Å². The molecule has 1 saturated heterocycles. The van der Waals surface area contributed by atoms with Crippen molar-refractivity contribution in [2.24, 2.45) is 0 Å². The Morgan fingerprint density at radius 3 is 2.81 bits per heavy atom. The first-order valence-electron chi connectivity index (χ1n) is 5.71. The Morgan fingerprint density at radius 1 is 1.44 bits per heavy atom. The molecule has 1 aromatic rings. The van der Waals surface area contributed by atoms with Gasteiger partial charge < -0.3 is 14.2 Å². The van der Waals surface area contributed by atoms with Crippen LogP contribution in [-0.2, 0) is 9.47 Å². The van der Waals surface area contributed by atoms with E-state index in [0.717, 1.165) is 24.3 Å². The number of para-hydroxylation sites is 1. The molecule has 0 bridgehead atoms. The monoisotopic (exact) mass is 222 g/mol. The van der Waals surface area contributed by atoms with Crippen molar-refractivity contribution in [2.75, 3.05) is 20.3 Å². The largest absolute Gasteiger partial charge is 0.496 e. The van der Waals surface area contributed by atoms with Crippen molar-refractivity contribution in [1.82, 2.24) is 0 Å². The highest BCUT2D eigenvalue weighted by atomic mass is 16.6. The molecule has 1 aliphatic heterocycles. The van der Waals surface area contributed by atoms with Gasteiger partial charge in [-0.25, -0.2) is 0 Å². The van der Waals surface area contributed by atoms with Gasteiger partial charge in [0.25, 0.3) is 0 Å². The van der Waals surface area contributed by atoms with Crippen LogP contribution in [-0.4, -0.2) is 26.4 Å². The molecule has 1 unspecified atom stereocenters. The highest BCUT2D eigenvalue weighted by molar-refractivity contribution is 5.35. The van der Waals surface area contributed by atoms with Gasteiger partial charge in [0.15, 0.2) is 0 Å². The fraction of sp³-hybridized carbons (Fsp3) is 0.538. The van der Waals surface area contributed by atoms with Gasteiger partial charge in [0.05, 0.1) is 26.4 Å². The third-order valence-corrected chi connectivity index (χ3v) is 2.74. The molecule has 2 rings (SSSR count). The Bertz CT molecular complexity index is 334. The molecule has 3 nitrogen and oxygen atoms in total. The lowest BCUT2D eigenvalue weighted by atomic mass is 10.1. The average Bonchev–Trinajstić information content (AvgIpc) is 3.14. The summed E-state index contributed by atoms with van der Waals surface area (Å²) in [5.74, 6) is 0.895. The zero-order valence-corrected chi connectivity index (χ0v) is 9.81. The molecule has 2 atom stereocenters. The van der Waals surface area contributed by atoms with Crippen LogP contribution < -0.4 is 4.74 Å².